The largest absolute Gasteiger partial charge is 0.490 e. The van der Waals surface area contributed by atoms with Crippen LogP contribution in [0.4, 0.5) is 0 Å². The summed E-state index contributed by atoms with van der Waals surface area (Å²) in [5.74, 6) is 0.932. The lowest BCUT2D eigenvalue weighted by Gasteiger charge is -2.13. The molecule has 0 saturated heterocycles. The third-order valence-corrected chi connectivity index (χ3v) is 3.29. The number of rotatable bonds is 5. The summed E-state index contributed by atoms with van der Waals surface area (Å²) in [4.78, 5) is 4.12. The van der Waals surface area contributed by atoms with E-state index in [4.69, 9.17) is 10.5 Å². The summed E-state index contributed by atoms with van der Waals surface area (Å²) in [5.41, 5.74) is 8.53. The fourth-order valence-electron chi connectivity index (χ4n) is 2.09. The second-order valence-corrected chi connectivity index (χ2v) is 5.06. The molecule has 0 spiro atoms. The van der Waals surface area contributed by atoms with Crippen LogP contribution < -0.4 is 10.5 Å². The highest BCUT2D eigenvalue weighted by Gasteiger charge is 2.23. The minimum absolute atomic E-state index is 0.0213. The molecule has 1 aromatic carbocycles. The van der Waals surface area contributed by atoms with Gasteiger partial charge in [0.15, 0.2) is 0 Å². The van der Waals surface area contributed by atoms with Crippen LogP contribution in [0.15, 0.2) is 48.8 Å². The molecule has 2 N–H and O–H groups in total. The molecule has 0 aliphatic heterocycles. The monoisotopic (exact) mass is 254 g/mol. The quantitative estimate of drug-likeness (QED) is 0.892. The Kier molecular flexibility index (Phi) is 3.47. The van der Waals surface area contributed by atoms with E-state index in [1.165, 1.54) is 12.8 Å². The summed E-state index contributed by atoms with van der Waals surface area (Å²) in [6.07, 6.45) is 7.20. The Balaban J connectivity index is 1.70. The van der Waals surface area contributed by atoms with E-state index in [0.29, 0.717) is 6.10 Å². The van der Waals surface area contributed by atoms with Crippen molar-refractivity contribution in [2.24, 2.45) is 5.73 Å². The minimum Gasteiger partial charge on any atom is -0.490 e. The molecule has 3 rings (SSSR count). The van der Waals surface area contributed by atoms with E-state index in [2.05, 4.69) is 23.2 Å². The van der Waals surface area contributed by atoms with Gasteiger partial charge >= 0.3 is 0 Å². The first-order valence-corrected chi connectivity index (χ1v) is 6.72. The zero-order valence-electron chi connectivity index (χ0n) is 10.8. The van der Waals surface area contributed by atoms with Crippen LogP contribution in [-0.4, -0.2) is 11.1 Å². The van der Waals surface area contributed by atoms with Crippen LogP contribution in [0.2, 0.25) is 0 Å². The Morgan fingerprint density at radius 3 is 2.89 bits per heavy atom. The molecule has 1 heterocycles. The summed E-state index contributed by atoms with van der Waals surface area (Å²) in [5, 5.41) is 0. The number of hydrogen-bond acceptors (Lipinski definition) is 3. The molecule has 1 saturated carbocycles. The predicted octanol–water partition coefficient (Wildman–Crippen LogP) is 2.87. The van der Waals surface area contributed by atoms with Crippen molar-refractivity contribution in [1.82, 2.24) is 4.98 Å². The third-order valence-electron chi connectivity index (χ3n) is 3.29. The number of aromatic nitrogens is 1. The first kappa shape index (κ1) is 12.2. The van der Waals surface area contributed by atoms with Crippen molar-refractivity contribution >= 4 is 0 Å². The Morgan fingerprint density at radius 1 is 1.26 bits per heavy atom. The molecule has 98 valence electrons. The van der Waals surface area contributed by atoms with Crippen molar-refractivity contribution in [3.63, 3.8) is 0 Å². The van der Waals surface area contributed by atoms with Gasteiger partial charge in [0.2, 0.25) is 0 Å². The normalized spacial score (nSPS) is 16.1. The zero-order chi connectivity index (χ0) is 13.1. The van der Waals surface area contributed by atoms with Crippen LogP contribution in [0.3, 0.4) is 0 Å². The van der Waals surface area contributed by atoms with Crippen molar-refractivity contribution in [3.8, 4) is 5.75 Å². The molecule has 3 heteroatoms. The van der Waals surface area contributed by atoms with Gasteiger partial charge in [-0.25, -0.2) is 0 Å². The number of pyridine rings is 1. The molecule has 3 nitrogen and oxygen atoms in total. The lowest BCUT2D eigenvalue weighted by atomic mass is 10.0. The highest BCUT2D eigenvalue weighted by Crippen LogP contribution is 2.28. The maximum atomic E-state index is 6.26. The van der Waals surface area contributed by atoms with Crippen LogP contribution >= 0.6 is 0 Å². The maximum Gasteiger partial charge on any atom is 0.120 e. The Morgan fingerprint density at radius 2 is 2.16 bits per heavy atom. The number of nitrogens with two attached hydrogens (primary N) is 1. The van der Waals surface area contributed by atoms with Crippen LogP contribution in [0.25, 0.3) is 0 Å². The lowest BCUT2D eigenvalue weighted by Crippen LogP contribution is -2.13. The predicted molar refractivity (Wildman–Crippen MR) is 75.0 cm³/mol. The van der Waals surface area contributed by atoms with Crippen molar-refractivity contribution in [2.45, 2.75) is 31.4 Å². The van der Waals surface area contributed by atoms with E-state index in [9.17, 15) is 0 Å². The minimum atomic E-state index is -0.0213. The van der Waals surface area contributed by atoms with Gasteiger partial charge in [0.05, 0.1) is 6.10 Å². The van der Waals surface area contributed by atoms with Gasteiger partial charge in [-0.3, -0.25) is 4.98 Å². The maximum absolute atomic E-state index is 6.26. The van der Waals surface area contributed by atoms with Crippen LogP contribution in [-0.2, 0) is 6.42 Å². The van der Waals surface area contributed by atoms with E-state index in [-0.39, 0.29) is 6.04 Å². The van der Waals surface area contributed by atoms with Crippen molar-refractivity contribution in [1.29, 1.82) is 0 Å². The molecule has 1 fully saturated rings. The average Bonchev–Trinajstić information content (AvgIpc) is 3.24. The van der Waals surface area contributed by atoms with Crippen LogP contribution in [0, 0.1) is 0 Å². The summed E-state index contributed by atoms with van der Waals surface area (Å²) in [7, 11) is 0. The molecule has 19 heavy (non-hydrogen) atoms. The molecule has 0 bridgehead atoms. The second kappa shape index (κ2) is 5.41. The van der Waals surface area contributed by atoms with Gasteiger partial charge in [0.1, 0.15) is 5.75 Å². The summed E-state index contributed by atoms with van der Waals surface area (Å²) >= 11 is 0. The zero-order valence-corrected chi connectivity index (χ0v) is 10.8. The Labute approximate surface area is 113 Å². The summed E-state index contributed by atoms with van der Waals surface area (Å²) in [6, 6.07) is 12.1. The topological polar surface area (TPSA) is 48.1 Å². The van der Waals surface area contributed by atoms with E-state index in [0.717, 1.165) is 23.3 Å². The fraction of sp³-hybridized carbons (Fsp3) is 0.312. The first-order chi connectivity index (χ1) is 9.31. The molecule has 0 amide bonds. The summed E-state index contributed by atoms with van der Waals surface area (Å²) < 4.78 is 5.80. The number of nitrogens with zero attached hydrogens (tertiary/aromatic N) is 1. The van der Waals surface area contributed by atoms with Crippen molar-refractivity contribution in [2.75, 3.05) is 0 Å². The lowest BCUT2D eigenvalue weighted by molar-refractivity contribution is 0.302. The highest BCUT2D eigenvalue weighted by atomic mass is 16.5. The van der Waals surface area contributed by atoms with Gasteiger partial charge in [0, 0.05) is 18.4 Å². The number of hydrogen-bond donors (Lipinski definition) is 1. The molecule has 1 aromatic heterocycles. The molecular weight excluding hydrogens is 236 g/mol. The molecule has 0 radical (unpaired) electrons. The SMILES string of the molecule is NC(Cc1cccnc1)c1cccc(OC2CC2)c1. The average molecular weight is 254 g/mol. The molecule has 2 aromatic rings. The van der Waals surface area contributed by atoms with Crippen LogP contribution in [0.1, 0.15) is 30.0 Å². The number of ether oxygens (including phenoxy) is 1. The Hall–Kier alpha value is -1.87. The molecule has 1 unspecified atom stereocenters. The molecule has 1 aliphatic rings. The van der Waals surface area contributed by atoms with Gasteiger partial charge in [-0.05, 0) is 48.6 Å². The molecular formula is C16H18N2O. The van der Waals surface area contributed by atoms with E-state index >= 15 is 0 Å². The third kappa shape index (κ3) is 3.32. The Bertz CT molecular complexity index is 537. The smallest absolute Gasteiger partial charge is 0.120 e. The molecule has 1 atom stereocenters. The van der Waals surface area contributed by atoms with Gasteiger partial charge in [-0.1, -0.05) is 18.2 Å². The fourth-order valence-corrected chi connectivity index (χ4v) is 2.09. The van der Waals surface area contributed by atoms with Gasteiger partial charge in [0.25, 0.3) is 0 Å². The summed E-state index contributed by atoms with van der Waals surface area (Å²) in [6.45, 7) is 0. The van der Waals surface area contributed by atoms with Crippen LogP contribution in [0.5, 0.6) is 5.75 Å². The van der Waals surface area contributed by atoms with Crippen molar-refractivity contribution in [3.05, 3.63) is 59.9 Å². The van der Waals surface area contributed by atoms with E-state index in [1.807, 2.05) is 24.4 Å². The second-order valence-electron chi connectivity index (χ2n) is 5.06. The van der Waals surface area contributed by atoms with E-state index < -0.39 is 0 Å². The van der Waals surface area contributed by atoms with Gasteiger partial charge < -0.3 is 10.5 Å². The van der Waals surface area contributed by atoms with Gasteiger partial charge in [-0.15, -0.1) is 0 Å². The van der Waals surface area contributed by atoms with Crippen molar-refractivity contribution < 1.29 is 4.74 Å². The first-order valence-electron chi connectivity index (χ1n) is 6.72. The van der Waals surface area contributed by atoms with E-state index in [1.54, 1.807) is 6.20 Å². The van der Waals surface area contributed by atoms with Gasteiger partial charge in [-0.2, -0.15) is 0 Å². The highest BCUT2D eigenvalue weighted by molar-refractivity contribution is 5.31. The molecule has 1 aliphatic carbocycles. The standard InChI is InChI=1S/C16H18N2O/c17-16(9-12-3-2-8-18-11-12)13-4-1-5-15(10-13)19-14-6-7-14/h1-5,8,10-11,14,16H,6-7,9,17H2. The number of benzene rings is 1.